The average molecular weight is 797 g/mol. The Morgan fingerprint density at radius 3 is 2.19 bits per heavy atom. The molecule has 0 aromatic heterocycles. The van der Waals surface area contributed by atoms with Crippen molar-refractivity contribution < 1.29 is 38.1 Å². The highest BCUT2D eigenvalue weighted by Crippen LogP contribution is 2.58. The number of rotatable bonds is 11. The number of nitrogens with zero attached hydrogens (tertiary/aromatic N) is 3. The van der Waals surface area contributed by atoms with Crippen LogP contribution in [0, 0.1) is 37.0 Å². The van der Waals surface area contributed by atoms with Crippen LogP contribution in [0.2, 0.25) is 0 Å². The van der Waals surface area contributed by atoms with E-state index < -0.39 is 18.1 Å². The molecule has 12 nitrogen and oxygen atoms in total. The molecule has 4 aliphatic heterocycles. The summed E-state index contributed by atoms with van der Waals surface area (Å²) in [6, 6.07) is 2.82. The zero-order valence-electron chi connectivity index (χ0n) is 35.0. The van der Waals surface area contributed by atoms with Crippen LogP contribution in [0.1, 0.15) is 142 Å². The van der Waals surface area contributed by atoms with Crippen molar-refractivity contribution in [2.45, 2.75) is 154 Å². The van der Waals surface area contributed by atoms with E-state index in [-0.39, 0.29) is 43.3 Å². The number of ether oxygens (including phenoxy) is 5. The third kappa shape index (κ3) is 7.53. The van der Waals surface area contributed by atoms with E-state index in [1.807, 2.05) is 13.8 Å². The molecule has 0 radical (unpaired) electrons. The minimum atomic E-state index is -0.572. The number of piperazine rings is 1. The maximum atomic E-state index is 13.8. The molecule has 2 aromatic rings. The third-order valence-corrected chi connectivity index (χ3v) is 14.2. The molecule has 8 rings (SSSR count). The van der Waals surface area contributed by atoms with Crippen LogP contribution >= 0.6 is 0 Å². The lowest BCUT2D eigenvalue weighted by atomic mass is 9.71. The second-order valence-corrected chi connectivity index (χ2v) is 17.7. The number of fused-ring (bicyclic) bond motifs is 9. The van der Waals surface area contributed by atoms with Crippen LogP contribution < -0.4 is 29.0 Å². The van der Waals surface area contributed by atoms with Gasteiger partial charge in [-0.2, -0.15) is 5.26 Å². The van der Waals surface area contributed by atoms with Crippen molar-refractivity contribution in [3.05, 3.63) is 39.4 Å². The molecule has 2 saturated carbocycles. The van der Waals surface area contributed by atoms with E-state index in [2.05, 4.69) is 34.3 Å². The molecular weight excluding hydrogens is 737 g/mol. The third-order valence-electron chi connectivity index (χ3n) is 14.2. The molecular formula is C46H60N4O8. The second kappa shape index (κ2) is 17.1. The molecule has 5 atom stereocenters. The van der Waals surface area contributed by atoms with Crippen molar-refractivity contribution in [3.63, 3.8) is 0 Å². The highest BCUT2D eigenvalue weighted by atomic mass is 16.7. The minimum Gasteiger partial charge on any atom is -0.493 e. The summed E-state index contributed by atoms with van der Waals surface area (Å²) >= 11 is 0. The van der Waals surface area contributed by atoms with E-state index in [1.54, 1.807) is 7.11 Å². The average Bonchev–Trinajstić information content (AvgIpc) is 3.71. The van der Waals surface area contributed by atoms with Gasteiger partial charge in [0.15, 0.2) is 23.0 Å². The molecule has 4 heterocycles. The number of methoxy groups -OCH3 is 1. The molecule has 6 aliphatic rings. The van der Waals surface area contributed by atoms with E-state index in [9.17, 15) is 19.6 Å². The van der Waals surface area contributed by atoms with E-state index in [1.165, 1.54) is 58.3 Å². The highest BCUT2D eigenvalue weighted by molar-refractivity contribution is 5.77. The summed E-state index contributed by atoms with van der Waals surface area (Å²) in [6.07, 6.45) is 15.4. The first-order valence-corrected chi connectivity index (χ1v) is 21.8. The number of aryl methyl sites for hydroxylation is 1. The first-order valence-electron chi connectivity index (χ1n) is 21.8. The Kier molecular flexibility index (Phi) is 11.9. The topological polar surface area (TPSA) is 140 Å². The van der Waals surface area contributed by atoms with Crippen LogP contribution in [0.5, 0.6) is 28.7 Å². The summed E-state index contributed by atoms with van der Waals surface area (Å²) in [6.45, 7) is 5.46. The van der Waals surface area contributed by atoms with Gasteiger partial charge < -0.3 is 29.0 Å². The molecule has 2 aromatic carbocycles. The van der Waals surface area contributed by atoms with Crippen LogP contribution in [-0.4, -0.2) is 73.3 Å². The van der Waals surface area contributed by atoms with E-state index >= 15 is 0 Å². The number of carbonyl (C=O) groups excluding carboxylic acids is 3. The van der Waals surface area contributed by atoms with Crippen molar-refractivity contribution in [1.82, 2.24) is 15.1 Å². The molecule has 3 fully saturated rings. The Morgan fingerprint density at radius 2 is 1.53 bits per heavy atom. The first-order chi connectivity index (χ1) is 28.1. The maximum Gasteiger partial charge on any atom is 0.311 e. The van der Waals surface area contributed by atoms with Crippen LogP contribution in [-0.2, 0) is 27.2 Å². The van der Waals surface area contributed by atoms with Crippen LogP contribution in [0.4, 0.5) is 0 Å². The van der Waals surface area contributed by atoms with Gasteiger partial charge in [0, 0.05) is 60.6 Å². The highest BCUT2D eigenvalue weighted by Gasteiger charge is 2.57. The van der Waals surface area contributed by atoms with E-state index in [4.69, 9.17) is 23.7 Å². The molecule has 1 saturated heterocycles. The molecule has 1 amide bonds. The summed E-state index contributed by atoms with van der Waals surface area (Å²) in [5.74, 6) is 2.82. The van der Waals surface area contributed by atoms with Crippen molar-refractivity contribution in [2.24, 2.45) is 11.8 Å². The summed E-state index contributed by atoms with van der Waals surface area (Å²) in [5, 5.41) is 14.4. The second-order valence-electron chi connectivity index (χ2n) is 17.7. The number of amides is 1. The van der Waals surface area contributed by atoms with Gasteiger partial charge in [0.25, 0.3) is 0 Å². The number of carbonyl (C=O) groups is 3. The lowest BCUT2D eigenvalue weighted by Crippen LogP contribution is -2.68. The normalized spacial score (nSPS) is 25.5. The van der Waals surface area contributed by atoms with Crippen molar-refractivity contribution in [3.8, 4) is 34.8 Å². The largest absolute Gasteiger partial charge is 0.493 e. The van der Waals surface area contributed by atoms with Crippen LogP contribution in [0.15, 0.2) is 6.07 Å². The molecule has 12 heteroatoms. The van der Waals surface area contributed by atoms with Gasteiger partial charge in [-0.25, -0.2) is 0 Å². The van der Waals surface area contributed by atoms with Gasteiger partial charge in [-0.15, -0.1) is 0 Å². The van der Waals surface area contributed by atoms with Gasteiger partial charge in [0.05, 0.1) is 25.3 Å². The summed E-state index contributed by atoms with van der Waals surface area (Å²) < 4.78 is 30.8. The monoisotopic (exact) mass is 796 g/mol. The number of likely N-dealkylation sites (N-methyl/N-ethyl adjacent to an activating group) is 1. The number of hydrogen-bond donors (Lipinski definition) is 1. The Labute approximate surface area is 342 Å². The quantitative estimate of drug-likeness (QED) is 0.179. The van der Waals surface area contributed by atoms with E-state index in [0.29, 0.717) is 71.8 Å². The zero-order valence-corrected chi connectivity index (χ0v) is 35.0. The molecule has 58 heavy (non-hydrogen) atoms. The summed E-state index contributed by atoms with van der Waals surface area (Å²) in [4.78, 5) is 44.8. The number of benzene rings is 2. The number of nitrogens with one attached hydrogen (secondary N) is 1. The van der Waals surface area contributed by atoms with Gasteiger partial charge in [0.2, 0.25) is 12.7 Å². The van der Waals surface area contributed by atoms with Gasteiger partial charge in [-0.1, -0.05) is 70.3 Å². The summed E-state index contributed by atoms with van der Waals surface area (Å²) in [5.41, 5.74) is 5.01. The lowest BCUT2D eigenvalue weighted by Gasteiger charge is -2.60. The molecule has 1 unspecified atom stereocenters. The fraction of sp³-hybridized carbons (Fsp3) is 0.652. The zero-order chi connectivity index (χ0) is 40.7. The van der Waals surface area contributed by atoms with Crippen molar-refractivity contribution in [1.29, 1.82) is 5.26 Å². The molecule has 2 aliphatic carbocycles. The van der Waals surface area contributed by atoms with Crippen molar-refractivity contribution in [2.75, 3.05) is 27.5 Å². The van der Waals surface area contributed by atoms with Crippen LogP contribution in [0.25, 0.3) is 0 Å². The molecule has 1 N–H and O–H groups in total. The Morgan fingerprint density at radius 1 is 0.862 bits per heavy atom. The predicted molar refractivity (Wildman–Crippen MR) is 216 cm³/mol. The Bertz CT molecular complexity index is 1960. The lowest BCUT2D eigenvalue weighted by molar-refractivity contribution is -0.135. The number of nitriles is 1. The molecule has 2 bridgehead atoms. The Hall–Kier alpha value is -4.34. The van der Waals surface area contributed by atoms with Gasteiger partial charge >= 0.3 is 11.9 Å². The standard InChI is InChI=1S/C46H60N4O8/c1-26-20-31-21-33-35(23-47)50-34(41(49(33)4)39(31)46(42(26)54-5)58-38(53)19-17-30-14-10-7-11-15-30)22-32-40(45-44(55-25-56-45)27(2)43(32)57-28(3)51)36(50)24-48-37(52)18-16-29-12-8-6-9-13-29/h20,29-30,33-36,41H,6-19,21-22,24-25H2,1-5H3,(H,48,52)/t33-,34?,35+,36+,41+/m1/s1. The van der Waals surface area contributed by atoms with Gasteiger partial charge in [-0.05, 0) is 69.5 Å². The fourth-order valence-corrected chi connectivity index (χ4v) is 11.5. The van der Waals surface area contributed by atoms with Crippen LogP contribution in [0.3, 0.4) is 0 Å². The predicted octanol–water partition coefficient (Wildman–Crippen LogP) is 7.48. The number of esters is 2. The maximum absolute atomic E-state index is 13.8. The minimum absolute atomic E-state index is 0.00763. The first kappa shape index (κ1) is 40.4. The van der Waals surface area contributed by atoms with Gasteiger partial charge in [0.1, 0.15) is 11.8 Å². The SMILES string of the molecule is COc1c(C)cc2c(c1OC(=O)CCC1CCCCC1)[C@@H]1C3Cc4c(OC(C)=O)c(C)c5c(c4[C@H](CNC(=O)CCC4CCCCC4)N3[C@@H](C#N)[C@@H](C2)N1C)OCO5. The molecule has 0 spiro atoms. The van der Waals surface area contributed by atoms with Gasteiger partial charge in [-0.3, -0.25) is 24.2 Å². The fourth-order valence-electron chi connectivity index (χ4n) is 11.5. The smallest absolute Gasteiger partial charge is 0.311 e. The number of hydrogen-bond acceptors (Lipinski definition) is 11. The Balaban J connectivity index is 1.21. The van der Waals surface area contributed by atoms with E-state index in [0.717, 1.165) is 53.5 Å². The summed E-state index contributed by atoms with van der Waals surface area (Å²) in [7, 11) is 3.67. The van der Waals surface area contributed by atoms with Crippen molar-refractivity contribution >= 4 is 17.8 Å². The molecule has 312 valence electrons.